The first-order chi connectivity index (χ1) is 13.4. The van der Waals surface area contributed by atoms with Crippen LogP contribution in [0.3, 0.4) is 0 Å². The summed E-state index contributed by atoms with van der Waals surface area (Å²) in [5.41, 5.74) is 1.83. The summed E-state index contributed by atoms with van der Waals surface area (Å²) in [5.74, 6) is 0.199. The average Bonchev–Trinajstić information content (AvgIpc) is 3.16. The molecule has 1 aromatic heterocycles. The Morgan fingerprint density at radius 1 is 1.07 bits per heavy atom. The van der Waals surface area contributed by atoms with Crippen LogP contribution in [0, 0.1) is 12.7 Å². The smallest absolute Gasteiger partial charge is 0.244 e. The molecule has 0 radical (unpaired) electrons. The van der Waals surface area contributed by atoms with Crippen molar-refractivity contribution >= 4 is 10.0 Å². The Balaban J connectivity index is 1.85. The van der Waals surface area contributed by atoms with Gasteiger partial charge in [0.25, 0.3) is 0 Å². The standard InChI is InChI=1S/C21H21FN2O3S/c1-15-14-16(9-10-20(15)27-2)28(25,26)24-13-12-23-11-5-8-19(23)21(24)17-6-3-4-7-18(17)22/h3-11,14,21H,12-13H2,1-2H3. The Kier molecular flexibility index (Phi) is 4.72. The van der Waals surface area contributed by atoms with E-state index in [1.54, 1.807) is 44.4 Å². The number of aromatic nitrogens is 1. The Morgan fingerprint density at radius 2 is 1.86 bits per heavy atom. The fourth-order valence-corrected chi connectivity index (χ4v) is 5.44. The van der Waals surface area contributed by atoms with Gasteiger partial charge in [0, 0.05) is 30.5 Å². The van der Waals surface area contributed by atoms with Crippen LogP contribution in [-0.4, -0.2) is 30.9 Å². The van der Waals surface area contributed by atoms with Gasteiger partial charge in [-0.25, -0.2) is 12.8 Å². The van der Waals surface area contributed by atoms with E-state index >= 15 is 0 Å². The zero-order valence-corrected chi connectivity index (χ0v) is 16.5. The molecule has 4 rings (SSSR count). The van der Waals surface area contributed by atoms with Crippen molar-refractivity contribution in [1.82, 2.24) is 8.87 Å². The zero-order valence-electron chi connectivity index (χ0n) is 15.7. The van der Waals surface area contributed by atoms with E-state index in [4.69, 9.17) is 4.74 Å². The second-order valence-electron chi connectivity index (χ2n) is 6.80. The summed E-state index contributed by atoms with van der Waals surface area (Å²) < 4.78 is 50.3. The molecule has 2 heterocycles. The van der Waals surface area contributed by atoms with Crippen LogP contribution in [0.2, 0.25) is 0 Å². The average molecular weight is 400 g/mol. The molecule has 28 heavy (non-hydrogen) atoms. The molecule has 1 unspecified atom stereocenters. The molecule has 0 saturated heterocycles. The van der Waals surface area contributed by atoms with Crippen molar-refractivity contribution in [2.24, 2.45) is 0 Å². The van der Waals surface area contributed by atoms with E-state index in [0.29, 0.717) is 17.9 Å². The van der Waals surface area contributed by atoms with E-state index in [0.717, 1.165) is 11.3 Å². The predicted octanol–water partition coefficient (Wildman–Crippen LogP) is 3.74. The van der Waals surface area contributed by atoms with Crippen molar-refractivity contribution in [2.75, 3.05) is 13.7 Å². The van der Waals surface area contributed by atoms with E-state index in [9.17, 15) is 12.8 Å². The molecule has 1 aliphatic rings. The summed E-state index contributed by atoms with van der Waals surface area (Å²) in [6, 6.07) is 14.1. The molecule has 2 aromatic carbocycles. The van der Waals surface area contributed by atoms with Crippen LogP contribution in [0.4, 0.5) is 4.39 Å². The number of halogens is 1. The number of rotatable bonds is 4. The van der Waals surface area contributed by atoms with Crippen LogP contribution in [0.1, 0.15) is 22.9 Å². The Labute approximate surface area is 164 Å². The summed E-state index contributed by atoms with van der Waals surface area (Å²) in [5, 5.41) is 0. The van der Waals surface area contributed by atoms with Crippen LogP contribution >= 0.6 is 0 Å². The second kappa shape index (κ2) is 7.07. The van der Waals surface area contributed by atoms with Gasteiger partial charge in [-0.1, -0.05) is 18.2 Å². The molecule has 0 fully saturated rings. The summed E-state index contributed by atoms with van der Waals surface area (Å²) in [6.45, 7) is 2.57. The molecule has 0 spiro atoms. The van der Waals surface area contributed by atoms with Gasteiger partial charge >= 0.3 is 0 Å². The SMILES string of the molecule is COc1ccc(S(=O)(=O)N2CCn3cccc3C2c2ccccc2F)cc1C. The van der Waals surface area contributed by atoms with Crippen molar-refractivity contribution in [3.8, 4) is 5.75 Å². The molecule has 0 N–H and O–H groups in total. The van der Waals surface area contributed by atoms with E-state index in [-0.39, 0.29) is 11.4 Å². The van der Waals surface area contributed by atoms with Crippen LogP contribution in [0.5, 0.6) is 5.75 Å². The number of hydrogen-bond donors (Lipinski definition) is 0. The molecule has 0 amide bonds. The molecule has 0 bridgehead atoms. The molecule has 1 atom stereocenters. The third-order valence-electron chi connectivity index (χ3n) is 5.17. The molecule has 3 aromatic rings. The summed E-state index contributed by atoms with van der Waals surface area (Å²) in [4.78, 5) is 0.173. The van der Waals surface area contributed by atoms with Crippen molar-refractivity contribution in [2.45, 2.75) is 24.4 Å². The summed E-state index contributed by atoms with van der Waals surface area (Å²) in [7, 11) is -2.30. The first kappa shape index (κ1) is 18.7. The predicted molar refractivity (Wildman–Crippen MR) is 104 cm³/mol. The lowest BCUT2D eigenvalue weighted by molar-refractivity contribution is 0.293. The second-order valence-corrected chi connectivity index (χ2v) is 8.69. The number of methoxy groups -OCH3 is 1. The highest BCUT2D eigenvalue weighted by molar-refractivity contribution is 7.89. The lowest BCUT2D eigenvalue weighted by Gasteiger charge is -2.36. The third-order valence-corrected chi connectivity index (χ3v) is 7.03. The minimum Gasteiger partial charge on any atom is -0.496 e. The van der Waals surface area contributed by atoms with Gasteiger partial charge in [-0.3, -0.25) is 0 Å². The quantitative estimate of drug-likeness (QED) is 0.670. The molecule has 0 aliphatic carbocycles. The minimum atomic E-state index is -3.85. The van der Waals surface area contributed by atoms with E-state index < -0.39 is 21.9 Å². The fraction of sp³-hybridized carbons (Fsp3) is 0.238. The van der Waals surface area contributed by atoms with Gasteiger partial charge in [0.15, 0.2) is 0 Å². The Bertz CT molecular complexity index is 1120. The van der Waals surface area contributed by atoms with Crippen molar-refractivity contribution < 1.29 is 17.5 Å². The summed E-state index contributed by atoms with van der Waals surface area (Å²) >= 11 is 0. The van der Waals surface area contributed by atoms with Gasteiger partial charge in [-0.2, -0.15) is 4.31 Å². The molecular weight excluding hydrogens is 379 g/mol. The number of fused-ring (bicyclic) bond motifs is 1. The normalized spacial score (nSPS) is 17.3. The number of sulfonamides is 1. The molecule has 146 valence electrons. The van der Waals surface area contributed by atoms with Crippen molar-refractivity contribution in [3.05, 3.63) is 83.4 Å². The molecule has 7 heteroatoms. The van der Waals surface area contributed by atoms with Gasteiger partial charge in [-0.15, -0.1) is 0 Å². The van der Waals surface area contributed by atoms with Gasteiger partial charge < -0.3 is 9.30 Å². The van der Waals surface area contributed by atoms with Crippen LogP contribution in [-0.2, 0) is 16.6 Å². The lowest BCUT2D eigenvalue weighted by atomic mass is 10.0. The van der Waals surface area contributed by atoms with Crippen LogP contribution in [0.25, 0.3) is 0 Å². The van der Waals surface area contributed by atoms with E-state index in [1.165, 1.54) is 16.4 Å². The highest BCUT2D eigenvalue weighted by atomic mass is 32.2. The Hall–Kier alpha value is -2.64. The van der Waals surface area contributed by atoms with E-state index in [2.05, 4.69) is 0 Å². The van der Waals surface area contributed by atoms with Crippen molar-refractivity contribution in [1.29, 1.82) is 0 Å². The van der Waals surface area contributed by atoms with Crippen molar-refractivity contribution in [3.63, 3.8) is 0 Å². The summed E-state index contributed by atoms with van der Waals surface area (Å²) in [6.07, 6.45) is 1.89. The first-order valence-electron chi connectivity index (χ1n) is 8.99. The monoisotopic (exact) mass is 400 g/mol. The number of aryl methyl sites for hydroxylation is 1. The molecular formula is C21H21FN2O3S. The Morgan fingerprint density at radius 3 is 2.57 bits per heavy atom. The number of nitrogens with zero attached hydrogens (tertiary/aromatic N) is 2. The third kappa shape index (κ3) is 3.00. The number of benzene rings is 2. The van der Waals surface area contributed by atoms with Crippen LogP contribution < -0.4 is 4.74 Å². The molecule has 5 nitrogen and oxygen atoms in total. The van der Waals surface area contributed by atoms with Gasteiger partial charge in [0.2, 0.25) is 10.0 Å². The van der Waals surface area contributed by atoms with Crippen LogP contribution in [0.15, 0.2) is 65.7 Å². The molecule has 0 saturated carbocycles. The lowest BCUT2D eigenvalue weighted by Crippen LogP contribution is -2.42. The largest absolute Gasteiger partial charge is 0.496 e. The maximum atomic E-state index is 14.7. The number of hydrogen-bond acceptors (Lipinski definition) is 3. The first-order valence-corrected chi connectivity index (χ1v) is 10.4. The highest BCUT2D eigenvalue weighted by Crippen LogP contribution is 2.38. The van der Waals surface area contributed by atoms with Gasteiger partial charge in [0.1, 0.15) is 11.6 Å². The number of ether oxygens (including phenoxy) is 1. The van der Waals surface area contributed by atoms with Gasteiger partial charge in [0.05, 0.1) is 18.0 Å². The molecule has 1 aliphatic heterocycles. The maximum Gasteiger partial charge on any atom is 0.244 e. The van der Waals surface area contributed by atoms with Gasteiger partial charge in [-0.05, 0) is 48.9 Å². The fourth-order valence-electron chi connectivity index (χ4n) is 3.78. The topological polar surface area (TPSA) is 51.5 Å². The van der Waals surface area contributed by atoms with E-state index in [1.807, 2.05) is 22.9 Å². The zero-order chi connectivity index (χ0) is 19.9. The highest BCUT2D eigenvalue weighted by Gasteiger charge is 2.38. The maximum absolute atomic E-state index is 14.7. The minimum absolute atomic E-state index is 0.173.